The van der Waals surface area contributed by atoms with Crippen molar-refractivity contribution >= 4 is 41.8 Å². The van der Waals surface area contributed by atoms with E-state index in [9.17, 15) is 0 Å². The second kappa shape index (κ2) is 2.45. The van der Waals surface area contributed by atoms with E-state index in [0.717, 1.165) is 0 Å². The average Bonchev–Trinajstić information content (AvgIpc) is 0.811. The molecule has 3 heteroatoms. The van der Waals surface area contributed by atoms with Gasteiger partial charge in [0.05, 0.1) is 0 Å². The molecular weight excluding hydrogens is 153 g/mol. The van der Waals surface area contributed by atoms with Crippen LogP contribution in [-0.4, -0.2) is 22.0 Å². The first-order chi connectivity index (χ1) is 1.73. The van der Waals surface area contributed by atoms with Crippen LogP contribution in [0.1, 0.15) is 0 Å². The second-order valence-corrected chi connectivity index (χ2v) is 7.55. The van der Waals surface area contributed by atoms with Crippen LogP contribution in [0.25, 0.3) is 0 Å². The number of rotatable bonds is 0. The Labute approximate surface area is 45.4 Å². The van der Waals surface area contributed by atoms with E-state index < -0.39 is 0 Å². The fourth-order valence-corrected chi connectivity index (χ4v) is 0. The van der Waals surface area contributed by atoms with Crippen molar-refractivity contribution in [2.75, 3.05) is 0 Å². The molecule has 24 valence electrons. The van der Waals surface area contributed by atoms with Crippen molar-refractivity contribution in [2.24, 2.45) is 0 Å². The summed E-state index contributed by atoms with van der Waals surface area (Å²) < 4.78 is -0.0347. The van der Waals surface area contributed by atoms with E-state index in [1.54, 1.807) is 0 Å². The van der Waals surface area contributed by atoms with E-state index in [-0.39, 0.29) is 3.39 Å². The Morgan fingerprint density at radius 2 is 1.50 bits per heavy atom. The maximum absolute atomic E-state index is 5.12. The normalized spacial score (nSPS) is 8.75. The molecule has 0 aromatic carbocycles. The summed E-state index contributed by atoms with van der Waals surface area (Å²) in [6.45, 7) is 0. The molecule has 0 saturated heterocycles. The molecule has 0 radical (unpaired) electrons. The summed E-state index contributed by atoms with van der Waals surface area (Å²) in [5.41, 5.74) is 0. The van der Waals surface area contributed by atoms with Crippen LogP contribution in [0, 0.1) is 0 Å². The SMILES string of the molecule is Cl[CH](Cl)[GaH2]. The Balaban J connectivity index is 2.32. The fraction of sp³-hybridized carbons (Fsp3) is 1.00. The van der Waals surface area contributed by atoms with Crippen molar-refractivity contribution in [3.05, 3.63) is 0 Å². The van der Waals surface area contributed by atoms with Gasteiger partial charge in [-0.25, -0.2) is 0 Å². The van der Waals surface area contributed by atoms with E-state index in [0.29, 0.717) is 18.6 Å². The Hall–Kier alpha value is 1.22. The van der Waals surface area contributed by atoms with Gasteiger partial charge in [-0.15, -0.1) is 0 Å². The summed E-state index contributed by atoms with van der Waals surface area (Å²) >= 11 is 10.8. The molecule has 0 amide bonds. The first-order valence-electron chi connectivity index (χ1n) is 1.01. The average molecular weight is 156 g/mol. The molecule has 0 atom stereocenters. The molecule has 0 spiro atoms. The third-order valence-electron chi connectivity index (χ3n) is 0. The third kappa shape index (κ3) is 10.7. The van der Waals surface area contributed by atoms with Crippen LogP contribution in [0.4, 0.5) is 0 Å². The van der Waals surface area contributed by atoms with Crippen molar-refractivity contribution < 1.29 is 0 Å². The topological polar surface area (TPSA) is 0 Å². The molecule has 0 N–H and O–H groups in total. The van der Waals surface area contributed by atoms with Crippen LogP contribution in [0.5, 0.6) is 0 Å². The summed E-state index contributed by atoms with van der Waals surface area (Å²) in [7, 11) is 0. The van der Waals surface area contributed by atoms with Gasteiger partial charge in [0.1, 0.15) is 0 Å². The van der Waals surface area contributed by atoms with Gasteiger partial charge in [-0.3, -0.25) is 0 Å². The first-order valence-corrected chi connectivity index (χ1v) is 4.31. The van der Waals surface area contributed by atoms with Gasteiger partial charge >= 0.3 is 45.2 Å². The quantitative estimate of drug-likeness (QED) is 0.351. The molecule has 4 heavy (non-hydrogen) atoms. The van der Waals surface area contributed by atoms with Crippen LogP contribution >= 0.6 is 23.2 Å². The minimum absolute atomic E-state index is 0.0347. The zero-order valence-electron chi connectivity index (χ0n) is 2.33. The van der Waals surface area contributed by atoms with Crippen LogP contribution in [-0.2, 0) is 0 Å². The van der Waals surface area contributed by atoms with E-state index in [4.69, 9.17) is 23.2 Å². The van der Waals surface area contributed by atoms with Gasteiger partial charge < -0.3 is 0 Å². The molecule has 0 aliphatic rings. The zero-order valence-corrected chi connectivity index (χ0v) is 8.04. The van der Waals surface area contributed by atoms with Gasteiger partial charge in [0, 0.05) is 0 Å². The molecule has 0 aromatic rings. The van der Waals surface area contributed by atoms with Crippen LogP contribution in [0.2, 0.25) is 0 Å². The zero-order chi connectivity index (χ0) is 3.58. The van der Waals surface area contributed by atoms with E-state index in [2.05, 4.69) is 0 Å². The van der Waals surface area contributed by atoms with E-state index in [1.807, 2.05) is 0 Å². The minimum atomic E-state index is -0.0347. The monoisotopic (exact) mass is 154 g/mol. The Morgan fingerprint density at radius 1 is 1.50 bits per heavy atom. The number of halogens is 2. The predicted octanol–water partition coefficient (Wildman–Crippen LogP) is 0.381. The second-order valence-electron chi connectivity index (χ2n) is 0.519. The molecule has 0 heterocycles. The van der Waals surface area contributed by atoms with Crippen LogP contribution in [0.3, 0.4) is 0 Å². The first kappa shape index (κ1) is 5.22. The molecule has 0 aliphatic carbocycles. The van der Waals surface area contributed by atoms with Crippen molar-refractivity contribution in [3.8, 4) is 0 Å². The molecule has 0 fully saturated rings. The summed E-state index contributed by atoms with van der Waals surface area (Å²) in [6, 6.07) is 0. The van der Waals surface area contributed by atoms with Gasteiger partial charge in [-0.2, -0.15) is 0 Å². The van der Waals surface area contributed by atoms with Crippen LogP contribution < -0.4 is 0 Å². The molecular formula is CH3Cl2Ga. The predicted molar refractivity (Wildman–Crippen MR) is 24.0 cm³/mol. The number of hydrogen-bond acceptors (Lipinski definition) is 0. The van der Waals surface area contributed by atoms with Gasteiger partial charge in [-0.05, 0) is 0 Å². The van der Waals surface area contributed by atoms with Gasteiger partial charge in [-0.1, -0.05) is 0 Å². The van der Waals surface area contributed by atoms with Crippen LogP contribution in [0.15, 0.2) is 0 Å². The summed E-state index contributed by atoms with van der Waals surface area (Å²) in [4.78, 5) is 0. The molecule has 0 saturated carbocycles. The van der Waals surface area contributed by atoms with Crippen molar-refractivity contribution in [3.63, 3.8) is 0 Å². The standard InChI is InChI=1S/CHCl2.Ga.2H/c2-1-3;;;/h1H;;;. The fourth-order valence-electron chi connectivity index (χ4n) is 0. The van der Waals surface area contributed by atoms with Gasteiger partial charge in [0.15, 0.2) is 0 Å². The number of hydrogen-bond donors (Lipinski definition) is 0. The van der Waals surface area contributed by atoms with Crippen molar-refractivity contribution in [1.29, 1.82) is 0 Å². The summed E-state index contributed by atoms with van der Waals surface area (Å²) in [5.74, 6) is 0. The maximum atomic E-state index is 5.12. The Kier molecular flexibility index (Phi) is 3.20. The Bertz CT molecular complexity index is 10.8. The molecule has 0 rings (SSSR count). The Morgan fingerprint density at radius 3 is 1.50 bits per heavy atom. The molecule has 0 aromatic heterocycles. The van der Waals surface area contributed by atoms with E-state index >= 15 is 0 Å². The van der Waals surface area contributed by atoms with Gasteiger partial charge in [0.25, 0.3) is 0 Å². The van der Waals surface area contributed by atoms with E-state index in [1.165, 1.54) is 0 Å². The summed E-state index contributed by atoms with van der Waals surface area (Å²) in [5, 5.41) is 0. The number of alkyl halides is 2. The molecule has 0 nitrogen and oxygen atoms in total. The van der Waals surface area contributed by atoms with Crippen molar-refractivity contribution in [2.45, 2.75) is 3.39 Å². The molecule has 0 bridgehead atoms. The third-order valence-corrected chi connectivity index (χ3v) is 0. The van der Waals surface area contributed by atoms with Crippen molar-refractivity contribution in [1.82, 2.24) is 0 Å². The van der Waals surface area contributed by atoms with Gasteiger partial charge in [0.2, 0.25) is 0 Å². The summed E-state index contributed by atoms with van der Waals surface area (Å²) in [6.07, 6.45) is 0. The molecule has 0 unspecified atom stereocenters. The molecule has 0 aliphatic heterocycles.